The van der Waals surface area contributed by atoms with Crippen molar-refractivity contribution in [1.82, 2.24) is 0 Å². The van der Waals surface area contributed by atoms with E-state index in [4.69, 9.17) is 5.11 Å². The van der Waals surface area contributed by atoms with Gasteiger partial charge in [-0.2, -0.15) is 8.78 Å². The van der Waals surface area contributed by atoms with E-state index < -0.39 is 12.6 Å². The predicted octanol–water partition coefficient (Wildman–Crippen LogP) is 2.73. The Balaban J connectivity index is 2.47. The molecule has 0 aliphatic heterocycles. The van der Waals surface area contributed by atoms with E-state index in [0.717, 1.165) is 0 Å². The third-order valence-electron chi connectivity index (χ3n) is 2.42. The molecule has 2 N–H and O–H groups in total. The molecule has 0 aromatic heterocycles. The Labute approximate surface area is 114 Å². The summed E-state index contributed by atoms with van der Waals surface area (Å²) in [6.07, 6.45) is -0.0177. The highest BCUT2D eigenvalue weighted by molar-refractivity contribution is 5.91. The molecule has 1 atom stereocenters. The summed E-state index contributed by atoms with van der Waals surface area (Å²) in [5, 5.41) is 11.1. The van der Waals surface area contributed by atoms with Gasteiger partial charge < -0.3 is 15.2 Å². The molecule has 0 heterocycles. The number of aliphatic carboxylic acids is 1. The zero-order chi connectivity index (χ0) is 15.1. The number of nitrogens with one attached hydrogen (secondary N) is 1. The minimum Gasteiger partial charge on any atom is -0.481 e. The Morgan fingerprint density at radius 2 is 1.85 bits per heavy atom. The van der Waals surface area contributed by atoms with Gasteiger partial charge in [-0.05, 0) is 30.2 Å². The number of rotatable bonds is 7. The molecule has 0 radical (unpaired) electrons. The van der Waals surface area contributed by atoms with E-state index in [1.807, 2.05) is 0 Å². The summed E-state index contributed by atoms with van der Waals surface area (Å²) in [5.74, 6) is -1.58. The van der Waals surface area contributed by atoms with Crippen molar-refractivity contribution in [3.63, 3.8) is 0 Å². The topological polar surface area (TPSA) is 75.6 Å². The third-order valence-corrected chi connectivity index (χ3v) is 2.42. The second-order valence-electron chi connectivity index (χ2n) is 4.36. The molecule has 1 unspecified atom stereocenters. The van der Waals surface area contributed by atoms with Crippen LogP contribution in [0.15, 0.2) is 24.3 Å². The van der Waals surface area contributed by atoms with Gasteiger partial charge in [0.05, 0.1) is 0 Å². The van der Waals surface area contributed by atoms with Gasteiger partial charge in [0, 0.05) is 18.5 Å². The van der Waals surface area contributed by atoms with Gasteiger partial charge in [-0.25, -0.2) is 0 Å². The van der Waals surface area contributed by atoms with Crippen LogP contribution in [0.1, 0.15) is 19.8 Å². The molecule has 0 aliphatic rings. The summed E-state index contributed by atoms with van der Waals surface area (Å²) < 4.78 is 28.0. The lowest BCUT2D eigenvalue weighted by atomic mass is 10.0. The minimum absolute atomic E-state index is 0.00255. The normalized spacial score (nSPS) is 12.0. The van der Waals surface area contributed by atoms with Crippen molar-refractivity contribution in [2.24, 2.45) is 5.92 Å². The number of alkyl halides is 2. The Morgan fingerprint density at radius 3 is 2.35 bits per heavy atom. The second kappa shape index (κ2) is 7.42. The lowest BCUT2D eigenvalue weighted by Crippen LogP contribution is -2.16. The summed E-state index contributed by atoms with van der Waals surface area (Å²) in [6.45, 7) is -1.24. The van der Waals surface area contributed by atoms with Crippen LogP contribution < -0.4 is 10.1 Å². The van der Waals surface area contributed by atoms with Crippen molar-refractivity contribution in [3.8, 4) is 5.75 Å². The van der Waals surface area contributed by atoms with Crippen LogP contribution in [-0.2, 0) is 9.59 Å². The van der Waals surface area contributed by atoms with Crippen LogP contribution >= 0.6 is 0 Å². The molecule has 110 valence electrons. The molecule has 0 bridgehead atoms. The number of amides is 1. The van der Waals surface area contributed by atoms with Gasteiger partial charge in [-0.15, -0.1) is 0 Å². The third kappa shape index (κ3) is 6.12. The Bertz CT molecular complexity index is 462. The van der Waals surface area contributed by atoms with Gasteiger partial charge >= 0.3 is 12.6 Å². The van der Waals surface area contributed by atoms with Gasteiger partial charge in [0.15, 0.2) is 0 Å². The maximum atomic E-state index is 11.9. The van der Waals surface area contributed by atoms with Crippen LogP contribution in [0.2, 0.25) is 0 Å². The van der Waals surface area contributed by atoms with Crippen molar-refractivity contribution in [1.29, 1.82) is 0 Å². The molecule has 0 spiro atoms. The number of carbonyl (C=O) groups excluding carboxylic acids is 1. The summed E-state index contributed by atoms with van der Waals surface area (Å²) in [6, 6.07) is 5.47. The zero-order valence-corrected chi connectivity index (χ0v) is 10.8. The molecule has 0 saturated heterocycles. The maximum absolute atomic E-state index is 11.9. The summed E-state index contributed by atoms with van der Waals surface area (Å²) in [4.78, 5) is 22.1. The largest absolute Gasteiger partial charge is 0.481 e. The fraction of sp³-hybridized carbons (Fsp3) is 0.385. The number of carboxylic acid groups (broad SMARTS) is 1. The fourth-order valence-electron chi connectivity index (χ4n) is 1.62. The Hall–Kier alpha value is -2.18. The van der Waals surface area contributed by atoms with E-state index in [9.17, 15) is 18.4 Å². The fourth-order valence-corrected chi connectivity index (χ4v) is 1.62. The second-order valence-corrected chi connectivity index (χ2v) is 4.36. The molecule has 0 aliphatic carbocycles. The number of benzene rings is 1. The SMILES string of the molecule is CC(CC(=O)O)CC(=O)Nc1ccc(OC(F)F)cc1. The first kappa shape index (κ1) is 15.9. The van der Waals surface area contributed by atoms with E-state index in [2.05, 4.69) is 10.1 Å². The molecule has 1 aromatic carbocycles. The lowest BCUT2D eigenvalue weighted by molar-refractivity contribution is -0.138. The van der Waals surface area contributed by atoms with Crippen LogP contribution in [-0.4, -0.2) is 23.6 Å². The number of anilines is 1. The van der Waals surface area contributed by atoms with Crippen molar-refractivity contribution >= 4 is 17.6 Å². The van der Waals surface area contributed by atoms with Crippen LogP contribution in [0.25, 0.3) is 0 Å². The van der Waals surface area contributed by atoms with Gasteiger partial charge in [-0.3, -0.25) is 9.59 Å². The first-order valence-corrected chi connectivity index (χ1v) is 5.93. The molecular formula is C13H15F2NO4. The van der Waals surface area contributed by atoms with Crippen LogP contribution in [0.5, 0.6) is 5.75 Å². The molecule has 1 aromatic rings. The first-order valence-electron chi connectivity index (χ1n) is 5.93. The number of carbonyl (C=O) groups is 2. The monoisotopic (exact) mass is 287 g/mol. The average Bonchev–Trinajstić information content (AvgIpc) is 2.29. The lowest BCUT2D eigenvalue weighted by Gasteiger charge is -2.10. The first-order chi connectivity index (χ1) is 9.36. The Morgan fingerprint density at radius 1 is 1.25 bits per heavy atom. The highest BCUT2D eigenvalue weighted by Crippen LogP contribution is 2.18. The van der Waals surface area contributed by atoms with Gasteiger partial charge in [0.25, 0.3) is 0 Å². The highest BCUT2D eigenvalue weighted by atomic mass is 19.3. The van der Waals surface area contributed by atoms with E-state index >= 15 is 0 Å². The average molecular weight is 287 g/mol. The predicted molar refractivity (Wildman–Crippen MR) is 67.7 cm³/mol. The van der Waals surface area contributed by atoms with E-state index in [-0.39, 0.29) is 30.4 Å². The standard InChI is InChI=1S/C13H15F2NO4/c1-8(7-12(18)19)6-11(17)16-9-2-4-10(5-3-9)20-13(14)15/h2-5,8,13H,6-7H2,1H3,(H,16,17)(H,18,19). The van der Waals surface area contributed by atoms with Crippen molar-refractivity contribution in [2.45, 2.75) is 26.4 Å². The van der Waals surface area contributed by atoms with Crippen molar-refractivity contribution < 1.29 is 28.2 Å². The molecule has 20 heavy (non-hydrogen) atoms. The van der Waals surface area contributed by atoms with Crippen molar-refractivity contribution in [2.75, 3.05) is 5.32 Å². The number of hydrogen-bond acceptors (Lipinski definition) is 3. The van der Waals surface area contributed by atoms with Crippen LogP contribution in [0.4, 0.5) is 14.5 Å². The van der Waals surface area contributed by atoms with Crippen LogP contribution in [0.3, 0.4) is 0 Å². The molecule has 1 rings (SSSR count). The summed E-state index contributed by atoms with van der Waals surface area (Å²) in [7, 11) is 0. The smallest absolute Gasteiger partial charge is 0.387 e. The van der Waals surface area contributed by atoms with E-state index in [1.165, 1.54) is 24.3 Å². The molecule has 1 amide bonds. The van der Waals surface area contributed by atoms with E-state index in [1.54, 1.807) is 6.92 Å². The van der Waals surface area contributed by atoms with E-state index in [0.29, 0.717) is 5.69 Å². The zero-order valence-electron chi connectivity index (χ0n) is 10.8. The quantitative estimate of drug-likeness (QED) is 0.808. The maximum Gasteiger partial charge on any atom is 0.387 e. The molecule has 7 heteroatoms. The van der Waals surface area contributed by atoms with Crippen molar-refractivity contribution in [3.05, 3.63) is 24.3 Å². The number of halogens is 2. The van der Waals surface area contributed by atoms with Gasteiger partial charge in [-0.1, -0.05) is 6.92 Å². The summed E-state index contributed by atoms with van der Waals surface area (Å²) in [5.41, 5.74) is 0.430. The molecule has 0 saturated carbocycles. The van der Waals surface area contributed by atoms with Crippen LogP contribution in [0, 0.1) is 5.92 Å². The number of hydrogen-bond donors (Lipinski definition) is 2. The summed E-state index contributed by atoms with van der Waals surface area (Å²) >= 11 is 0. The Kier molecular flexibility index (Phi) is 5.89. The number of ether oxygens (including phenoxy) is 1. The molecular weight excluding hydrogens is 272 g/mol. The minimum atomic E-state index is -2.90. The highest BCUT2D eigenvalue weighted by Gasteiger charge is 2.13. The molecule has 0 fully saturated rings. The van der Waals surface area contributed by atoms with Gasteiger partial charge in [0.1, 0.15) is 5.75 Å². The van der Waals surface area contributed by atoms with Gasteiger partial charge in [0.2, 0.25) is 5.91 Å². The number of carboxylic acids is 1. The molecule has 5 nitrogen and oxygen atoms in total.